The van der Waals surface area contributed by atoms with Crippen molar-refractivity contribution in [3.63, 3.8) is 0 Å². The summed E-state index contributed by atoms with van der Waals surface area (Å²) < 4.78 is 5.64. The highest BCUT2D eigenvalue weighted by molar-refractivity contribution is 5.75. The molecular formula is C15H21NO3. The Balaban J connectivity index is 1.86. The Morgan fingerprint density at radius 1 is 1.53 bits per heavy atom. The quantitative estimate of drug-likeness (QED) is 0.798. The van der Waals surface area contributed by atoms with Gasteiger partial charge in [0, 0.05) is 13.5 Å². The summed E-state index contributed by atoms with van der Waals surface area (Å²) in [6.07, 6.45) is 3.74. The van der Waals surface area contributed by atoms with Crippen molar-refractivity contribution in [2.75, 3.05) is 13.7 Å². The predicted octanol–water partition coefficient (Wildman–Crippen LogP) is 1.96. The van der Waals surface area contributed by atoms with Gasteiger partial charge in [-0.3, -0.25) is 4.79 Å². The van der Waals surface area contributed by atoms with Crippen LogP contribution in [0.15, 0.2) is 18.2 Å². The van der Waals surface area contributed by atoms with Crippen LogP contribution >= 0.6 is 0 Å². The standard InChI is InChI=1S/C15H21NO3/c1-16-15(18)6-3-9-19-12-7-8-13-11(10-12)4-2-5-14(13)17/h7-8,10,14,17H,2-6,9H2,1H3,(H,16,18). The van der Waals surface area contributed by atoms with E-state index in [1.165, 1.54) is 5.56 Å². The van der Waals surface area contributed by atoms with Gasteiger partial charge in [-0.05, 0) is 48.9 Å². The fourth-order valence-electron chi connectivity index (χ4n) is 2.40. The molecule has 1 unspecified atom stereocenters. The van der Waals surface area contributed by atoms with E-state index < -0.39 is 0 Å². The van der Waals surface area contributed by atoms with Crippen LogP contribution in [0, 0.1) is 0 Å². The first-order valence-electron chi connectivity index (χ1n) is 6.85. The molecule has 1 aliphatic carbocycles. The molecule has 0 saturated carbocycles. The molecule has 1 aromatic rings. The van der Waals surface area contributed by atoms with Crippen molar-refractivity contribution in [1.29, 1.82) is 0 Å². The molecule has 4 nitrogen and oxygen atoms in total. The van der Waals surface area contributed by atoms with E-state index >= 15 is 0 Å². The molecule has 1 aromatic carbocycles. The molecule has 1 aliphatic rings. The van der Waals surface area contributed by atoms with Crippen molar-refractivity contribution in [2.45, 2.75) is 38.2 Å². The summed E-state index contributed by atoms with van der Waals surface area (Å²) in [5.74, 6) is 0.863. The van der Waals surface area contributed by atoms with E-state index in [2.05, 4.69) is 5.32 Å². The third-order valence-electron chi connectivity index (χ3n) is 3.49. The summed E-state index contributed by atoms with van der Waals surface area (Å²) in [5.41, 5.74) is 2.21. The van der Waals surface area contributed by atoms with Gasteiger partial charge in [0.15, 0.2) is 0 Å². The van der Waals surface area contributed by atoms with E-state index in [1.54, 1.807) is 7.05 Å². The molecule has 0 fully saturated rings. The van der Waals surface area contributed by atoms with Crippen molar-refractivity contribution in [3.8, 4) is 5.75 Å². The van der Waals surface area contributed by atoms with Gasteiger partial charge in [0.25, 0.3) is 0 Å². The summed E-state index contributed by atoms with van der Waals surface area (Å²) in [7, 11) is 1.64. The fourth-order valence-corrected chi connectivity index (χ4v) is 2.40. The van der Waals surface area contributed by atoms with Gasteiger partial charge in [-0.1, -0.05) is 6.07 Å². The molecule has 19 heavy (non-hydrogen) atoms. The van der Waals surface area contributed by atoms with Crippen LogP contribution < -0.4 is 10.1 Å². The number of rotatable bonds is 5. The average Bonchev–Trinajstić information content (AvgIpc) is 2.43. The van der Waals surface area contributed by atoms with E-state index in [1.807, 2.05) is 18.2 Å². The topological polar surface area (TPSA) is 58.6 Å². The van der Waals surface area contributed by atoms with Gasteiger partial charge in [-0.2, -0.15) is 0 Å². The molecule has 2 N–H and O–H groups in total. The maximum atomic E-state index is 11.1. The van der Waals surface area contributed by atoms with Crippen LogP contribution in [0.2, 0.25) is 0 Å². The lowest BCUT2D eigenvalue weighted by Crippen LogP contribution is -2.18. The van der Waals surface area contributed by atoms with Gasteiger partial charge < -0.3 is 15.2 Å². The number of aliphatic hydroxyl groups excluding tert-OH is 1. The molecular weight excluding hydrogens is 242 g/mol. The zero-order valence-electron chi connectivity index (χ0n) is 11.3. The molecule has 0 bridgehead atoms. The van der Waals surface area contributed by atoms with Crippen LogP contribution in [-0.4, -0.2) is 24.7 Å². The molecule has 0 spiro atoms. The smallest absolute Gasteiger partial charge is 0.219 e. The van der Waals surface area contributed by atoms with Crippen LogP contribution in [0.5, 0.6) is 5.75 Å². The minimum absolute atomic E-state index is 0.0390. The van der Waals surface area contributed by atoms with Crippen LogP contribution in [0.25, 0.3) is 0 Å². The lowest BCUT2D eigenvalue weighted by atomic mass is 9.89. The number of hydrogen-bond donors (Lipinski definition) is 2. The van der Waals surface area contributed by atoms with E-state index in [0.717, 1.165) is 30.6 Å². The number of hydrogen-bond acceptors (Lipinski definition) is 3. The van der Waals surface area contributed by atoms with Gasteiger partial charge in [0.05, 0.1) is 12.7 Å². The normalized spacial score (nSPS) is 17.7. The van der Waals surface area contributed by atoms with E-state index in [-0.39, 0.29) is 12.0 Å². The highest BCUT2D eigenvalue weighted by atomic mass is 16.5. The summed E-state index contributed by atoms with van der Waals surface area (Å²) in [5, 5.41) is 12.5. The first-order valence-corrected chi connectivity index (χ1v) is 6.85. The monoisotopic (exact) mass is 263 g/mol. The van der Waals surface area contributed by atoms with Gasteiger partial charge in [-0.25, -0.2) is 0 Å². The second kappa shape index (κ2) is 6.57. The second-order valence-corrected chi connectivity index (χ2v) is 4.89. The lowest BCUT2D eigenvalue weighted by molar-refractivity contribution is -0.120. The van der Waals surface area contributed by atoms with Crippen LogP contribution in [0.1, 0.15) is 42.9 Å². The van der Waals surface area contributed by atoms with Crippen LogP contribution in [0.4, 0.5) is 0 Å². The van der Waals surface area contributed by atoms with E-state index in [9.17, 15) is 9.90 Å². The zero-order valence-corrected chi connectivity index (χ0v) is 11.3. The Labute approximate surface area is 113 Å². The Bertz CT molecular complexity index is 445. The van der Waals surface area contributed by atoms with Crippen molar-refractivity contribution >= 4 is 5.91 Å². The molecule has 104 valence electrons. The number of carbonyl (C=O) groups is 1. The summed E-state index contributed by atoms with van der Waals surface area (Å²) >= 11 is 0. The Morgan fingerprint density at radius 3 is 3.16 bits per heavy atom. The van der Waals surface area contributed by atoms with Gasteiger partial charge in [0.2, 0.25) is 5.91 Å². The Hall–Kier alpha value is -1.55. The zero-order chi connectivity index (χ0) is 13.7. The first kappa shape index (κ1) is 13.9. The maximum Gasteiger partial charge on any atom is 0.219 e. The molecule has 0 aromatic heterocycles. The summed E-state index contributed by atoms with van der Waals surface area (Å²) in [6, 6.07) is 5.86. The summed E-state index contributed by atoms with van der Waals surface area (Å²) in [4.78, 5) is 11.1. The Kier molecular flexibility index (Phi) is 4.80. The van der Waals surface area contributed by atoms with E-state index in [4.69, 9.17) is 4.74 Å². The third-order valence-corrected chi connectivity index (χ3v) is 3.49. The number of ether oxygens (including phenoxy) is 1. The molecule has 0 aliphatic heterocycles. The largest absolute Gasteiger partial charge is 0.494 e. The molecule has 1 atom stereocenters. The number of fused-ring (bicyclic) bond motifs is 1. The van der Waals surface area contributed by atoms with Gasteiger partial charge >= 0.3 is 0 Å². The van der Waals surface area contributed by atoms with Crippen molar-refractivity contribution in [3.05, 3.63) is 29.3 Å². The Morgan fingerprint density at radius 2 is 2.37 bits per heavy atom. The average molecular weight is 263 g/mol. The minimum atomic E-state index is -0.328. The van der Waals surface area contributed by atoms with Gasteiger partial charge in [0.1, 0.15) is 5.75 Å². The highest BCUT2D eigenvalue weighted by Gasteiger charge is 2.17. The summed E-state index contributed by atoms with van der Waals surface area (Å²) in [6.45, 7) is 0.536. The van der Waals surface area contributed by atoms with Crippen LogP contribution in [0.3, 0.4) is 0 Å². The molecule has 1 amide bonds. The first-order chi connectivity index (χ1) is 9.20. The second-order valence-electron chi connectivity index (χ2n) is 4.89. The third kappa shape index (κ3) is 3.70. The number of carbonyl (C=O) groups excluding carboxylic acids is 1. The van der Waals surface area contributed by atoms with Crippen LogP contribution in [-0.2, 0) is 11.2 Å². The number of aryl methyl sites for hydroxylation is 1. The fraction of sp³-hybridized carbons (Fsp3) is 0.533. The highest BCUT2D eigenvalue weighted by Crippen LogP contribution is 2.31. The molecule has 0 saturated heterocycles. The van der Waals surface area contributed by atoms with E-state index in [0.29, 0.717) is 19.4 Å². The number of benzene rings is 1. The predicted molar refractivity (Wildman–Crippen MR) is 73.1 cm³/mol. The lowest BCUT2D eigenvalue weighted by Gasteiger charge is -2.21. The SMILES string of the molecule is CNC(=O)CCCOc1ccc2c(c1)CCCC2O. The number of nitrogens with one attached hydrogen (secondary N) is 1. The molecule has 0 radical (unpaired) electrons. The van der Waals surface area contributed by atoms with Crippen molar-refractivity contribution in [1.82, 2.24) is 5.32 Å². The number of aliphatic hydroxyl groups is 1. The molecule has 2 rings (SSSR count). The van der Waals surface area contributed by atoms with Gasteiger partial charge in [-0.15, -0.1) is 0 Å². The van der Waals surface area contributed by atoms with Crippen molar-refractivity contribution < 1.29 is 14.6 Å². The number of amides is 1. The minimum Gasteiger partial charge on any atom is -0.494 e. The van der Waals surface area contributed by atoms with Crippen molar-refractivity contribution in [2.24, 2.45) is 0 Å². The molecule has 0 heterocycles. The molecule has 4 heteroatoms. The maximum absolute atomic E-state index is 11.1.